The first-order valence-electron chi connectivity index (χ1n) is 10.6. The van der Waals surface area contributed by atoms with Crippen LogP contribution in [0.4, 0.5) is 4.79 Å². The molecule has 1 aliphatic carbocycles. The maximum atomic E-state index is 12.7. The number of hydrogen-bond acceptors (Lipinski definition) is 5. The topological polar surface area (TPSA) is 93.1 Å². The molecule has 1 atom stereocenters. The molecule has 0 fully saturated rings. The second-order valence-electron chi connectivity index (χ2n) is 8.89. The molecule has 1 amide bonds. The van der Waals surface area contributed by atoms with Crippen LogP contribution >= 0.6 is 0 Å². The van der Waals surface area contributed by atoms with Gasteiger partial charge in [0.1, 0.15) is 18.2 Å². The van der Waals surface area contributed by atoms with E-state index in [9.17, 15) is 19.5 Å². The molecule has 0 saturated carbocycles. The average molecular weight is 440 g/mol. The van der Waals surface area contributed by atoms with E-state index >= 15 is 0 Å². The summed E-state index contributed by atoms with van der Waals surface area (Å²) >= 11 is 0. The van der Waals surface area contributed by atoms with Gasteiger partial charge in [-0.05, 0) is 49.4 Å². The Morgan fingerprint density at radius 1 is 1.00 bits per heavy atom. The zero-order chi connectivity index (χ0) is 23.5. The van der Waals surface area contributed by atoms with Crippen molar-refractivity contribution < 1.29 is 29.0 Å². The second-order valence-corrected chi connectivity index (χ2v) is 8.89. The summed E-state index contributed by atoms with van der Waals surface area (Å²) in [6.45, 7) is 5.31. The van der Waals surface area contributed by atoms with Crippen LogP contribution in [0.25, 0.3) is 11.1 Å². The summed E-state index contributed by atoms with van der Waals surface area (Å²) in [6, 6.07) is 14.7. The Balaban J connectivity index is 1.64. The fourth-order valence-electron chi connectivity index (χ4n) is 3.95. The number of aliphatic carboxylic acids is 1. The fraction of sp³-hybridized carbons (Fsp3) is 0.400. The first-order valence-corrected chi connectivity index (χ1v) is 10.6. The van der Waals surface area contributed by atoms with Gasteiger partial charge in [0.15, 0.2) is 0 Å². The van der Waals surface area contributed by atoms with Gasteiger partial charge in [0.2, 0.25) is 0 Å². The van der Waals surface area contributed by atoms with Crippen LogP contribution in [0.3, 0.4) is 0 Å². The van der Waals surface area contributed by atoms with Crippen molar-refractivity contribution in [2.24, 2.45) is 0 Å². The molecule has 32 heavy (non-hydrogen) atoms. The molecule has 1 aliphatic rings. The van der Waals surface area contributed by atoms with E-state index in [1.54, 1.807) is 20.8 Å². The van der Waals surface area contributed by atoms with Gasteiger partial charge in [0, 0.05) is 19.4 Å². The van der Waals surface area contributed by atoms with Crippen molar-refractivity contribution in [2.75, 3.05) is 13.7 Å². The average Bonchev–Trinajstić information content (AvgIpc) is 3.04. The fourth-order valence-corrected chi connectivity index (χ4v) is 3.95. The molecule has 3 rings (SSSR count). The van der Waals surface area contributed by atoms with Gasteiger partial charge in [-0.2, -0.15) is 0 Å². The lowest BCUT2D eigenvalue weighted by molar-refractivity contribution is -0.155. The number of carboxylic acids is 1. The SMILES string of the molecule is CN(C(=O)OCC1c2ccccc2-c2ccccc21)C(CCC(=O)OC(C)(C)C)C(=O)O. The number of fused-ring (bicyclic) bond motifs is 3. The zero-order valence-corrected chi connectivity index (χ0v) is 18.8. The summed E-state index contributed by atoms with van der Waals surface area (Å²) in [5.41, 5.74) is 3.71. The number of amides is 1. The molecule has 170 valence electrons. The number of ether oxygens (including phenoxy) is 2. The second kappa shape index (κ2) is 9.42. The van der Waals surface area contributed by atoms with Crippen molar-refractivity contribution in [3.63, 3.8) is 0 Å². The van der Waals surface area contributed by atoms with Gasteiger partial charge in [0.25, 0.3) is 0 Å². The third kappa shape index (κ3) is 5.28. The van der Waals surface area contributed by atoms with Crippen LogP contribution in [0.2, 0.25) is 0 Å². The lowest BCUT2D eigenvalue weighted by Gasteiger charge is -2.25. The van der Waals surface area contributed by atoms with Crippen LogP contribution < -0.4 is 0 Å². The minimum absolute atomic E-state index is 0.0645. The van der Waals surface area contributed by atoms with E-state index in [0.29, 0.717) is 0 Å². The normalized spacial score (nSPS) is 13.6. The van der Waals surface area contributed by atoms with Gasteiger partial charge >= 0.3 is 18.0 Å². The van der Waals surface area contributed by atoms with Crippen molar-refractivity contribution in [3.8, 4) is 11.1 Å². The Hall–Kier alpha value is -3.35. The number of hydrogen-bond donors (Lipinski definition) is 1. The van der Waals surface area contributed by atoms with Crippen LogP contribution in [0.5, 0.6) is 0 Å². The molecule has 0 bridgehead atoms. The molecule has 7 heteroatoms. The molecule has 1 unspecified atom stereocenters. The molecule has 0 aliphatic heterocycles. The Kier molecular flexibility index (Phi) is 6.87. The third-order valence-corrected chi connectivity index (χ3v) is 5.42. The van der Waals surface area contributed by atoms with Gasteiger partial charge in [-0.15, -0.1) is 0 Å². The lowest BCUT2D eigenvalue weighted by atomic mass is 9.98. The highest BCUT2D eigenvalue weighted by Gasteiger charge is 2.32. The molecule has 0 saturated heterocycles. The van der Waals surface area contributed by atoms with E-state index in [0.717, 1.165) is 27.2 Å². The summed E-state index contributed by atoms with van der Waals surface area (Å²) in [5.74, 6) is -1.83. The maximum Gasteiger partial charge on any atom is 0.410 e. The minimum Gasteiger partial charge on any atom is -0.480 e. The van der Waals surface area contributed by atoms with Crippen LogP contribution in [0, 0.1) is 0 Å². The number of carbonyl (C=O) groups excluding carboxylic acids is 2. The number of rotatable bonds is 7. The summed E-state index contributed by atoms with van der Waals surface area (Å²) in [7, 11) is 1.37. The quantitative estimate of drug-likeness (QED) is 0.641. The zero-order valence-electron chi connectivity index (χ0n) is 18.8. The van der Waals surface area contributed by atoms with Crippen LogP contribution in [-0.4, -0.2) is 53.3 Å². The molecule has 0 aromatic heterocycles. The van der Waals surface area contributed by atoms with Crippen LogP contribution in [0.1, 0.15) is 50.7 Å². The lowest BCUT2D eigenvalue weighted by Crippen LogP contribution is -2.43. The first kappa shape index (κ1) is 23.3. The van der Waals surface area contributed by atoms with Crippen molar-refractivity contribution in [2.45, 2.75) is 51.2 Å². The summed E-state index contributed by atoms with van der Waals surface area (Å²) in [4.78, 5) is 37.4. The van der Waals surface area contributed by atoms with Crippen LogP contribution in [-0.2, 0) is 19.1 Å². The highest BCUT2D eigenvalue weighted by Crippen LogP contribution is 2.44. The standard InChI is InChI=1S/C25H29NO6/c1-25(2,3)32-22(27)14-13-21(23(28)29)26(4)24(30)31-15-20-18-11-7-5-9-16(18)17-10-6-8-12-19(17)20/h5-12,20-21H,13-15H2,1-4H3,(H,28,29). The molecular formula is C25H29NO6. The number of carbonyl (C=O) groups is 3. The number of nitrogens with zero attached hydrogens (tertiary/aromatic N) is 1. The Morgan fingerprint density at radius 3 is 2.03 bits per heavy atom. The van der Waals surface area contributed by atoms with Crippen molar-refractivity contribution in [1.82, 2.24) is 4.90 Å². The smallest absolute Gasteiger partial charge is 0.410 e. The van der Waals surface area contributed by atoms with Gasteiger partial charge < -0.3 is 14.6 Å². The molecule has 0 heterocycles. The summed E-state index contributed by atoms with van der Waals surface area (Å²) < 4.78 is 10.8. The molecule has 1 N–H and O–H groups in total. The number of likely N-dealkylation sites (N-methyl/N-ethyl adjacent to an activating group) is 1. The van der Waals surface area contributed by atoms with E-state index in [1.165, 1.54) is 7.05 Å². The Morgan fingerprint density at radius 2 is 1.53 bits per heavy atom. The highest BCUT2D eigenvalue weighted by atomic mass is 16.6. The molecule has 2 aromatic rings. The monoisotopic (exact) mass is 439 g/mol. The summed E-state index contributed by atoms with van der Waals surface area (Å²) in [5, 5.41) is 9.58. The van der Waals surface area contributed by atoms with Gasteiger partial charge in [-0.3, -0.25) is 9.69 Å². The number of benzene rings is 2. The first-order chi connectivity index (χ1) is 15.1. The van der Waals surface area contributed by atoms with E-state index in [2.05, 4.69) is 0 Å². The van der Waals surface area contributed by atoms with Gasteiger partial charge in [-0.25, -0.2) is 9.59 Å². The van der Waals surface area contributed by atoms with Crippen LogP contribution in [0.15, 0.2) is 48.5 Å². The van der Waals surface area contributed by atoms with E-state index in [-0.39, 0.29) is 25.4 Å². The molecular weight excluding hydrogens is 410 g/mol. The predicted octanol–water partition coefficient (Wildman–Crippen LogP) is 4.44. The summed E-state index contributed by atoms with van der Waals surface area (Å²) in [6.07, 6.45) is -0.927. The molecule has 7 nitrogen and oxygen atoms in total. The minimum atomic E-state index is -1.20. The molecule has 2 aromatic carbocycles. The van der Waals surface area contributed by atoms with Gasteiger partial charge in [0.05, 0.1) is 0 Å². The van der Waals surface area contributed by atoms with Crippen molar-refractivity contribution in [3.05, 3.63) is 59.7 Å². The predicted molar refractivity (Wildman–Crippen MR) is 119 cm³/mol. The van der Waals surface area contributed by atoms with Gasteiger partial charge in [-0.1, -0.05) is 48.5 Å². The van der Waals surface area contributed by atoms with E-state index in [1.807, 2.05) is 48.5 Å². The number of carboxylic acid groups (broad SMARTS) is 1. The third-order valence-electron chi connectivity index (χ3n) is 5.42. The maximum absolute atomic E-state index is 12.7. The van der Waals surface area contributed by atoms with E-state index in [4.69, 9.17) is 9.47 Å². The Bertz CT molecular complexity index is 964. The molecule has 0 radical (unpaired) electrons. The van der Waals surface area contributed by atoms with Crippen molar-refractivity contribution in [1.29, 1.82) is 0 Å². The largest absolute Gasteiger partial charge is 0.480 e. The molecule has 0 spiro atoms. The highest BCUT2D eigenvalue weighted by molar-refractivity contribution is 5.81. The van der Waals surface area contributed by atoms with Crippen molar-refractivity contribution >= 4 is 18.0 Å². The number of esters is 1. The Labute approximate surface area is 187 Å². The van der Waals surface area contributed by atoms with E-state index < -0.39 is 29.7 Å².